The molecular weight excluding hydrogens is 283 g/mol. The molecule has 0 saturated heterocycles. The first-order valence-corrected chi connectivity index (χ1v) is 5.79. The van der Waals surface area contributed by atoms with Crippen molar-refractivity contribution in [3.8, 4) is 0 Å². The summed E-state index contributed by atoms with van der Waals surface area (Å²) >= 11 is 3.89. The van der Waals surface area contributed by atoms with Crippen molar-refractivity contribution in [1.82, 2.24) is 0 Å². The molecule has 1 heterocycles. The van der Waals surface area contributed by atoms with Crippen LogP contribution in [0.4, 0.5) is 0 Å². The summed E-state index contributed by atoms with van der Waals surface area (Å²) in [6, 6.07) is 2.04. The number of aliphatic hydroxyl groups is 1. The van der Waals surface area contributed by atoms with Gasteiger partial charge >= 0.3 is 0 Å². The van der Waals surface area contributed by atoms with Crippen molar-refractivity contribution >= 4 is 33.9 Å². The number of thiophene rings is 1. The minimum atomic E-state index is -0.343. The molecule has 0 aliphatic rings. The third kappa shape index (κ3) is 2.20. The van der Waals surface area contributed by atoms with Crippen molar-refractivity contribution in [3.05, 3.63) is 19.9 Å². The maximum atomic E-state index is 9.93. The first-order chi connectivity index (χ1) is 5.43. The Balaban J connectivity index is 2.92. The maximum Gasteiger partial charge on any atom is 0.0940 e. The fourth-order valence-corrected chi connectivity index (χ4v) is 3.01. The Bertz CT molecular complexity index is 262. The number of rotatable bonds is 1. The van der Waals surface area contributed by atoms with Gasteiger partial charge in [0, 0.05) is 8.45 Å². The van der Waals surface area contributed by atoms with Gasteiger partial charge < -0.3 is 5.11 Å². The summed E-state index contributed by atoms with van der Waals surface area (Å²) < 4.78 is 1.17. The van der Waals surface area contributed by atoms with Crippen LogP contribution in [0.15, 0.2) is 11.4 Å². The summed E-state index contributed by atoms with van der Waals surface area (Å²) in [5, 5.41) is 12.0. The van der Waals surface area contributed by atoms with E-state index in [0.717, 1.165) is 4.88 Å². The molecule has 1 rings (SSSR count). The van der Waals surface area contributed by atoms with Crippen LogP contribution >= 0.6 is 33.9 Å². The number of aliphatic hydroxyl groups excluding tert-OH is 1. The lowest BCUT2D eigenvalue weighted by atomic mass is 9.88. The van der Waals surface area contributed by atoms with E-state index in [2.05, 4.69) is 22.6 Å². The molecule has 1 nitrogen and oxygen atoms in total. The first kappa shape index (κ1) is 10.5. The number of hydrogen-bond acceptors (Lipinski definition) is 2. The minimum Gasteiger partial charge on any atom is -0.387 e. The Morgan fingerprint density at radius 2 is 2.08 bits per heavy atom. The zero-order chi connectivity index (χ0) is 9.35. The second-order valence-electron chi connectivity index (χ2n) is 3.90. The van der Waals surface area contributed by atoms with Crippen molar-refractivity contribution in [2.45, 2.75) is 26.9 Å². The molecular formula is C9H13IOS. The van der Waals surface area contributed by atoms with Crippen molar-refractivity contribution in [1.29, 1.82) is 0 Å². The molecule has 1 atom stereocenters. The van der Waals surface area contributed by atoms with Crippen LogP contribution in [0.25, 0.3) is 0 Å². The molecule has 1 unspecified atom stereocenters. The van der Waals surface area contributed by atoms with Gasteiger partial charge in [-0.25, -0.2) is 0 Å². The van der Waals surface area contributed by atoms with Crippen LogP contribution in [0, 0.1) is 8.99 Å². The van der Waals surface area contributed by atoms with Crippen LogP contribution in [0.5, 0.6) is 0 Å². The summed E-state index contributed by atoms with van der Waals surface area (Å²) in [5.74, 6) is 0. The van der Waals surface area contributed by atoms with Crippen LogP contribution in [-0.4, -0.2) is 5.11 Å². The quantitative estimate of drug-likeness (QED) is 0.787. The molecule has 12 heavy (non-hydrogen) atoms. The molecule has 0 spiro atoms. The van der Waals surface area contributed by atoms with E-state index in [-0.39, 0.29) is 11.5 Å². The first-order valence-electron chi connectivity index (χ1n) is 3.84. The van der Waals surface area contributed by atoms with Gasteiger partial charge in [-0.1, -0.05) is 20.8 Å². The zero-order valence-corrected chi connectivity index (χ0v) is 10.4. The highest BCUT2D eigenvalue weighted by atomic mass is 127. The number of hydrogen-bond donors (Lipinski definition) is 1. The Morgan fingerprint density at radius 3 is 2.42 bits per heavy atom. The smallest absolute Gasteiger partial charge is 0.0940 e. The maximum absolute atomic E-state index is 9.93. The molecule has 0 fully saturated rings. The Morgan fingerprint density at radius 1 is 1.50 bits per heavy atom. The van der Waals surface area contributed by atoms with Gasteiger partial charge in [-0.2, -0.15) is 0 Å². The van der Waals surface area contributed by atoms with Gasteiger partial charge in [0.05, 0.1) is 6.10 Å². The summed E-state index contributed by atoms with van der Waals surface area (Å²) in [6.07, 6.45) is -0.343. The van der Waals surface area contributed by atoms with E-state index in [9.17, 15) is 5.11 Å². The van der Waals surface area contributed by atoms with E-state index >= 15 is 0 Å². The molecule has 1 N–H and O–H groups in total. The fraction of sp³-hybridized carbons (Fsp3) is 0.556. The summed E-state index contributed by atoms with van der Waals surface area (Å²) in [4.78, 5) is 1.09. The molecule has 0 saturated carbocycles. The van der Waals surface area contributed by atoms with E-state index in [0.29, 0.717) is 0 Å². The van der Waals surface area contributed by atoms with E-state index in [1.807, 2.05) is 32.2 Å². The van der Waals surface area contributed by atoms with Crippen LogP contribution in [0.3, 0.4) is 0 Å². The standard InChI is InChI=1S/C9H13IOS/c1-9(2,3)8(11)7-6(10)4-5-12-7/h4-5,8,11H,1-3H3. The summed E-state index contributed by atoms with van der Waals surface area (Å²) in [5.41, 5.74) is -0.0647. The summed E-state index contributed by atoms with van der Waals surface area (Å²) in [7, 11) is 0. The van der Waals surface area contributed by atoms with Crippen molar-refractivity contribution in [2.75, 3.05) is 0 Å². The lowest BCUT2D eigenvalue weighted by Gasteiger charge is -2.25. The third-order valence-corrected chi connectivity index (χ3v) is 3.99. The van der Waals surface area contributed by atoms with Gasteiger partial charge in [0.1, 0.15) is 0 Å². The predicted molar refractivity (Wildman–Crippen MR) is 61.5 cm³/mol. The van der Waals surface area contributed by atoms with E-state index in [1.165, 1.54) is 3.57 Å². The highest BCUT2D eigenvalue weighted by Crippen LogP contribution is 2.37. The topological polar surface area (TPSA) is 20.2 Å². The van der Waals surface area contributed by atoms with Crippen LogP contribution in [0.1, 0.15) is 31.8 Å². The highest BCUT2D eigenvalue weighted by Gasteiger charge is 2.26. The monoisotopic (exact) mass is 296 g/mol. The van der Waals surface area contributed by atoms with Gasteiger partial charge in [-0.15, -0.1) is 11.3 Å². The highest BCUT2D eigenvalue weighted by molar-refractivity contribution is 14.1. The van der Waals surface area contributed by atoms with Crippen LogP contribution in [-0.2, 0) is 0 Å². The van der Waals surface area contributed by atoms with Crippen LogP contribution < -0.4 is 0 Å². The largest absolute Gasteiger partial charge is 0.387 e. The molecule has 68 valence electrons. The van der Waals surface area contributed by atoms with E-state index in [4.69, 9.17) is 0 Å². The van der Waals surface area contributed by atoms with Gasteiger partial charge in [0.25, 0.3) is 0 Å². The fourth-order valence-electron chi connectivity index (χ4n) is 0.894. The van der Waals surface area contributed by atoms with Gasteiger partial charge in [0.15, 0.2) is 0 Å². The molecule has 0 aromatic carbocycles. The van der Waals surface area contributed by atoms with E-state index in [1.54, 1.807) is 11.3 Å². The second kappa shape index (κ2) is 3.64. The molecule has 1 aromatic heterocycles. The molecule has 0 bridgehead atoms. The molecule has 3 heteroatoms. The summed E-state index contributed by atoms with van der Waals surface area (Å²) in [6.45, 7) is 6.15. The molecule has 0 aliphatic heterocycles. The third-order valence-electron chi connectivity index (χ3n) is 1.71. The van der Waals surface area contributed by atoms with Crippen LogP contribution in [0.2, 0.25) is 0 Å². The van der Waals surface area contributed by atoms with Crippen molar-refractivity contribution in [2.24, 2.45) is 5.41 Å². The zero-order valence-electron chi connectivity index (χ0n) is 7.47. The molecule has 0 radical (unpaired) electrons. The predicted octanol–water partition coefficient (Wildman–Crippen LogP) is 3.43. The molecule has 0 amide bonds. The molecule has 0 aliphatic carbocycles. The Kier molecular flexibility index (Phi) is 3.17. The Hall–Kier alpha value is 0.390. The van der Waals surface area contributed by atoms with Gasteiger partial charge in [-0.3, -0.25) is 0 Å². The van der Waals surface area contributed by atoms with E-state index < -0.39 is 0 Å². The van der Waals surface area contributed by atoms with Gasteiger partial charge in [-0.05, 0) is 39.5 Å². The van der Waals surface area contributed by atoms with Gasteiger partial charge in [0.2, 0.25) is 0 Å². The van der Waals surface area contributed by atoms with Crippen molar-refractivity contribution in [3.63, 3.8) is 0 Å². The second-order valence-corrected chi connectivity index (χ2v) is 6.01. The lowest BCUT2D eigenvalue weighted by molar-refractivity contribution is 0.0652. The normalized spacial score (nSPS) is 14.8. The lowest BCUT2D eigenvalue weighted by Crippen LogP contribution is -2.17. The Labute approximate surface area is 91.0 Å². The average molecular weight is 296 g/mol. The average Bonchev–Trinajstić information content (AvgIpc) is 2.31. The molecule has 1 aromatic rings. The minimum absolute atomic E-state index is 0.0647. The SMILES string of the molecule is CC(C)(C)C(O)c1sccc1I. The van der Waals surface area contributed by atoms with Crippen molar-refractivity contribution < 1.29 is 5.11 Å². The number of halogens is 1.